The van der Waals surface area contributed by atoms with Crippen molar-refractivity contribution in [3.8, 4) is 0 Å². The highest BCUT2D eigenvalue weighted by Gasteiger charge is 2.58. The van der Waals surface area contributed by atoms with E-state index >= 15 is 0 Å². The molecular formula is C20H26O9. The lowest BCUT2D eigenvalue weighted by Crippen LogP contribution is -2.54. The number of fused-ring (bicyclic) bond motifs is 3. The maximum atomic E-state index is 12.5. The highest BCUT2D eigenvalue weighted by molar-refractivity contribution is 5.95. The van der Waals surface area contributed by atoms with Gasteiger partial charge in [0, 0.05) is 31.8 Å². The van der Waals surface area contributed by atoms with Crippen LogP contribution in [0.25, 0.3) is 0 Å². The van der Waals surface area contributed by atoms with Crippen LogP contribution in [0.5, 0.6) is 0 Å². The van der Waals surface area contributed by atoms with Crippen LogP contribution in [0.1, 0.15) is 53.4 Å². The van der Waals surface area contributed by atoms with E-state index in [2.05, 4.69) is 0 Å². The van der Waals surface area contributed by atoms with E-state index in [0.717, 1.165) is 0 Å². The fourth-order valence-corrected chi connectivity index (χ4v) is 3.87. The third kappa shape index (κ3) is 3.94. The fraction of sp³-hybridized carbons (Fsp3) is 0.650. The molecule has 0 aliphatic carbocycles. The number of ether oxygens (including phenoxy) is 4. The van der Waals surface area contributed by atoms with Crippen molar-refractivity contribution >= 4 is 17.9 Å². The van der Waals surface area contributed by atoms with Gasteiger partial charge >= 0.3 is 17.9 Å². The lowest BCUT2D eigenvalue weighted by Gasteiger charge is -2.40. The van der Waals surface area contributed by atoms with Crippen molar-refractivity contribution in [2.24, 2.45) is 0 Å². The molecule has 0 amide bonds. The first kappa shape index (κ1) is 21.5. The van der Waals surface area contributed by atoms with E-state index in [1.54, 1.807) is 13.8 Å². The molecule has 1 saturated heterocycles. The van der Waals surface area contributed by atoms with Gasteiger partial charge in [-0.3, -0.25) is 9.59 Å². The molecule has 29 heavy (non-hydrogen) atoms. The number of hydrogen-bond acceptors (Lipinski definition) is 9. The van der Waals surface area contributed by atoms with Gasteiger partial charge in [0.15, 0.2) is 5.79 Å². The zero-order valence-corrected chi connectivity index (χ0v) is 16.9. The second-order valence-corrected chi connectivity index (χ2v) is 8.08. The van der Waals surface area contributed by atoms with E-state index in [1.165, 1.54) is 19.9 Å². The van der Waals surface area contributed by atoms with Gasteiger partial charge in [0.05, 0.1) is 11.2 Å². The Morgan fingerprint density at radius 3 is 2.59 bits per heavy atom. The van der Waals surface area contributed by atoms with Gasteiger partial charge < -0.3 is 29.2 Å². The van der Waals surface area contributed by atoms with Crippen molar-refractivity contribution in [2.45, 2.75) is 76.5 Å². The van der Waals surface area contributed by atoms with Crippen LogP contribution in [0.3, 0.4) is 0 Å². The molecule has 9 heteroatoms. The van der Waals surface area contributed by atoms with Crippen molar-refractivity contribution in [3.63, 3.8) is 0 Å². The average Bonchev–Trinajstić information content (AvgIpc) is 3.09. The molecule has 1 fully saturated rings. The number of aliphatic hydroxyl groups is 2. The van der Waals surface area contributed by atoms with Crippen molar-refractivity contribution in [3.05, 3.63) is 23.0 Å². The van der Waals surface area contributed by atoms with Crippen LogP contribution in [0.15, 0.2) is 23.0 Å². The van der Waals surface area contributed by atoms with E-state index in [1.807, 2.05) is 0 Å². The number of hydrogen-bond donors (Lipinski definition) is 2. The summed E-state index contributed by atoms with van der Waals surface area (Å²) in [6, 6.07) is 0. The van der Waals surface area contributed by atoms with Crippen LogP contribution in [-0.2, 0) is 33.3 Å². The topological polar surface area (TPSA) is 129 Å². The van der Waals surface area contributed by atoms with Gasteiger partial charge in [-0.2, -0.15) is 0 Å². The van der Waals surface area contributed by atoms with E-state index in [4.69, 9.17) is 18.9 Å². The smallest absolute Gasteiger partial charge is 0.343 e. The van der Waals surface area contributed by atoms with Crippen LogP contribution < -0.4 is 0 Å². The van der Waals surface area contributed by atoms with Crippen LogP contribution >= 0.6 is 0 Å². The van der Waals surface area contributed by atoms with Crippen LogP contribution in [0.4, 0.5) is 0 Å². The normalized spacial score (nSPS) is 36.4. The van der Waals surface area contributed by atoms with Crippen LogP contribution in [0, 0.1) is 0 Å². The Morgan fingerprint density at radius 2 is 1.97 bits per heavy atom. The average molecular weight is 410 g/mol. The summed E-state index contributed by atoms with van der Waals surface area (Å²) in [6.45, 7) is 5.53. The first-order valence-corrected chi connectivity index (χ1v) is 9.56. The first-order valence-electron chi connectivity index (χ1n) is 9.56. The van der Waals surface area contributed by atoms with Gasteiger partial charge in [-0.15, -0.1) is 0 Å². The van der Waals surface area contributed by atoms with E-state index < -0.39 is 41.0 Å². The van der Waals surface area contributed by atoms with E-state index in [-0.39, 0.29) is 42.8 Å². The summed E-state index contributed by atoms with van der Waals surface area (Å²) in [4.78, 5) is 35.8. The molecule has 3 rings (SSSR count). The van der Waals surface area contributed by atoms with E-state index in [9.17, 15) is 24.6 Å². The third-order valence-corrected chi connectivity index (χ3v) is 5.57. The number of esters is 3. The minimum atomic E-state index is -1.88. The van der Waals surface area contributed by atoms with Gasteiger partial charge in [0.2, 0.25) is 0 Å². The predicted octanol–water partition coefficient (Wildman–Crippen LogP) is 1.02. The van der Waals surface area contributed by atoms with Crippen LogP contribution in [-0.4, -0.2) is 57.8 Å². The Bertz CT molecular complexity index is 809. The molecule has 9 nitrogen and oxygen atoms in total. The van der Waals surface area contributed by atoms with Crippen LogP contribution in [0.2, 0.25) is 0 Å². The standard InChI is InChI=1S/C20H26O9/c1-5-15(22)27-14-9-19(4,24)20(25)7-6-18(3,29-20)8-13-16(14)12(17(23)28-13)10-26-11(2)21/h8,14,24-25H,5-7,9-10H2,1-4H3. The zero-order chi connectivity index (χ0) is 21.6. The molecular weight excluding hydrogens is 384 g/mol. The van der Waals surface area contributed by atoms with Crippen molar-refractivity contribution < 1.29 is 43.5 Å². The lowest BCUT2D eigenvalue weighted by atomic mass is 9.82. The Balaban J connectivity index is 2.16. The Kier molecular flexibility index (Phi) is 5.35. The second-order valence-electron chi connectivity index (χ2n) is 8.08. The van der Waals surface area contributed by atoms with Gasteiger partial charge in [-0.25, -0.2) is 4.79 Å². The molecule has 0 aromatic rings. The number of carbonyl (C=O) groups excluding carboxylic acids is 3. The molecule has 3 aliphatic heterocycles. The van der Waals surface area contributed by atoms with Gasteiger partial charge in [-0.1, -0.05) is 6.92 Å². The van der Waals surface area contributed by atoms with Gasteiger partial charge in [0.1, 0.15) is 24.1 Å². The zero-order valence-electron chi connectivity index (χ0n) is 16.9. The molecule has 4 atom stereocenters. The Morgan fingerprint density at radius 1 is 1.28 bits per heavy atom. The fourth-order valence-electron chi connectivity index (χ4n) is 3.87. The lowest BCUT2D eigenvalue weighted by molar-refractivity contribution is -0.298. The summed E-state index contributed by atoms with van der Waals surface area (Å²) < 4.78 is 21.7. The molecule has 4 unspecified atom stereocenters. The largest absolute Gasteiger partial charge is 0.461 e. The van der Waals surface area contributed by atoms with Crippen molar-refractivity contribution in [2.75, 3.05) is 6.61 Å². The molecule has 0 aromatic carbocycles. The Hall–Kier alpha value is -2.23. The third-order valence-electron chi connectivity index (χ3n) is 5.57. The maximum absolute atomic E-state index is 12.5. The minimum Gasteiger partial charge on any atom is -0.461 e. The van der Waals surface area contributed by atoms with Crippen molar-refractivity contribution in [1.29, 1.82) is 0 Å². The molecule has 0 spiro atoms. The molecule has 3 aliphatic rings. The molecule has 0 saturated carbocycles. The summed E-state index contributed by atoms with van der Waals surface area (Å²) >= 11 is 0. The minimum absolute atomic E-state index is 0.0181. The predicted molar refractivity (Wildman–Crippen MR) is 96.9 cm³/mol. The molecule has 160 valence electrons. The highest BCUT2D eigenvalue weighted by Crippen LogP contribution is 2.49. The summed E-state index contributed by atoms with van der Waals surface area (Å²) in [6.07, 6.45) is 0.744. The SMILES string of the molecule is CCC(=O)OC1CC(C)(O)C2(O)CCC(C)(C=C3OC(=O)C(COC(C)=O)=C31)O2. The maximum Gasteiger partial charge on any atom is 0.343 e. The second kappa shape index (κ2) is 7.23. The summed E-state index contributed by atoms with van der Waals surface area (Å²) in [7, 11) is 0. The molecule has 0 radical (unpaired) electrons. The number of rotatable bonds is 4. The quantitative estimate of drug-likeness (QED) is 0.515. The monoisotopic (exact) mass is 410 g/mol. The van der Waals surface area contributed by atoms with Gasteiger partial charge in [-0.05, 0) is 26.3 Å². The highest BCUT2D eigenvalue weighted by atomic mass is 16.7. The van der Waals surface area contributed by atoms with E-state index in [0.29, 0.717) is 6.42 Å². The molecule has 2 bridgehead atoms. The first-order chi connectivity index (χ1) is 13.4. The summed E-state index contributed by atoms with van der Waals surface area (Å²) in [5, 5.41) is 22.1. The Labute approximate surface area is 168 Å². The number of carbonyl (C=O) groups is 3. The molecule has 3 heterocycles. The molecule has 0 aromatic heterocycles. The van der Waals surface area contributed by atoms with Crippen molar-refractivity contribution in [1.82, 2.24) is 0 Å². The van der Waals surface area contributed by atoms with Gasteiger partial charge in [0.25, 0.3) is 0 Å². The molecule has 2 N–H and O–H groups in total. The summed E-state index contributed by atoms with van der Waals surface area (Å²) in [5.41, 5.74) is -2.61. The summed E-state index contributed by atoms with van der Waals surface area (Å²) in [5.74, 6) is -3.66.